The monoisotopic (exact) mass is 367 g/mol. The SMILES string of the molecule is Cc1ccc(NC(=O)C2CCCC2)cc1NC(=O)CCNS(C)(=O)=O. The molecule has 8 heteroatoms. The van der Waals surface area contributed by atoms with Crippen molar-refractivity contribution in [3.05, 3.63) is 23.8 Å². The number of sulfonamides is 1. The van der Waals surface area contributed by atoms with Gasteiger partial charge in [-0.2, -0.15) is 0 Å². The number of hydrogen-bond acceptors (Lipinski definition) is 4. The lowest BCUT2D eigenvalue weighted by Gasteiger charge is -2.14. The maximum absolute atomic E-state index is 12.2. The third-order valence-electron chi connectivity index (χ3n) is 4.22. The minimum absolute atomic E-state index is 0.0241. The van der Waals surface area contributed by atoms with Crippen LogP contribution in [0.4, 0.5) is 11.4 Å². The van der Waals surface area contributed by atoms with Gasteiger partial charge in [0.25, 0.3) is 0 Å². The molecule has 2 amide bonds. The molecule has 0 atom stereocenters. The van der Waals surface area contributed by atoms with Crippen LogP contribution < -0.4 is 15.4 Å². The normalized spacial score (nSPS) is 15.1. The molecule has 1 aromatic carbocycles. The van der Waals surface area contributed by atoms with Gasteiger partial charge in [0.05, 0.1) is 6.26 Å². The Hall–Kier alpha value is -1.93. The van der Waals surface area contributed by atoms with E-state index < -0.39 is 10.0 Å². The molecule has 0 unspecified atom stereocenters. The Morgan fingerprint density at radius 3 is 2.48 bits per heavy atom. The van der Waals surface area contributed by atoms with E-state index in [1.165, 1.54) is 0 Å². The first-order chi connectivity index (χ1) is 11.7. The first kappa shape index (κ1) is 19.4. The van der Waals surface area contributed by atoms with Crippen LogP contribution in [0.2, 0.25) is 0 Å². The van der Waals surface area contributed by atoms with Crippen LogP contribution in [0.15, 0.2) is 18.2 Å². The molecule has 1 fully saturated rings. The third kappa shape index (κ3) is 6.47. The smallest absolute Gasteiger partial charge is 0.227 e. The lowest BCUT2D eigenvalue weighted by Crippen LogP contribution is -2.26. The first-order valence-corrected chi connectivity index (χ1v) is 10.3. The molecule has 0 saturated heterocycles. The summed E-state index contributed by atoms with van der Waals surface area (Å²) in [4.78, 5) is 24.2. The number of rotatable bonds is 7. The number of amides is 2. The zero-order valence-electron chi connectivity index (χ0n) is 14.6. The van der Waals surface area contributed by atoms with Gasteiger partial charge in [-0.3, -0.25) is 9.59 Å². The summed E-state index contributed by atoms with van der Waals surface area (Å²) in [6.45, 7) is 1.90. The molecule has 0 heterocycles. The van der Waals surface area contributed by atoms with Crippen molar-refractivity contribution < 1.29 is 18.0 Å². The number of aryl methyl sites for hydroxylation is 1. The molecule has 25 heavy (non-hydrogen) atoms. The van der Waals surface area contributed by atoms with Gasteiger partial charge in [-0.1, -0.05) is 18.9 Å². The molecule has 3 N–H and O–H groups in total. The summed E-state index contributed by atoms with van der Waals surface area (Å²) < 4.78 is 24.3. The van der Waals surface area contributed by atoms with E-state index >= 15 is 0 Å². The van der Waals surface area contributed by atoms with Crippen molar-refractivity contribution in [3.8, 4) is 0 Å². The van der Waals surface area contributed by atoms with Crippen LogP contribution in [0.5, 0.6) is 0 Å². The largest absolute Gasteiger partial charge is 0.326 e. The van der Waals surface area contributed by atoms with E-state index in [1.807, 2.05) is 19.1 Å². The van der Waals surface area contributed by atoms with Crippen LogP contribution in [0.1, 0.15) is 37.7 Å². The second-order valence-corrected chi connectivity index (χ2v) is 8.30. The molecule has 0 aromatic heterocycles. The summed E-state index contributed by atoms with van der Waals surface area (Å²) in [5.74, 6) is -0.198. The Morgan fingerprint density at radius 2 is 1.84 bits per heavy atom. The fourth-order valence-electron chi connectivity index (χ4n) is 2.83. The van der Waals surface area contributed by atoms with Gasteiger partial charge in [-0.15, -0.1) is 0 Å². The summed E-state index contributed by atoms with van der Waals surface area (Å²) >= 11 is 0. The fraction of sp³-hybridized carbons (Fsp3) is 0.529. The molecule has 0 aliphatic heterocycles. The number of hydrogen-bond donors (Lipinski definition) is 3. The molecular weight excluding hydrogens is 342 g/mol. The van der Waals surface area contributed by atoms with E-state index in [1.54, 1.807) is 6.07 Å². The van der Waals surface area contributed by atoms with Crippen molar-refractivity contribution in [3.63, 3.8) is 0 Å². The van der Waals surface area contributed by atoms with Gasteiger partial charge in [0.1, 0.15) is 0 Å². The summed E-state index contributed by atoms with van der Waals surface area (Å²) in [5.41, 5.74) is 2.11. The Labute approximate surface area is 148 Å². The molecule has 1 saturated carbocycles. The second-order valence-electron chi connectivity index (χ2n) is 6.47. The molecule has 1 aromatic rings. The Bertz CT molecular complexity index is 740. The predicted molar refractivity (Wildman–Crippen MR) is 97.9 cm³/mol. The van der Waals surface area contributed by atoms with E-state index in [4.69, 9.17) is 0 Å². The molecule has 1 aliphatic carbocycles. The number of anilines is 2. The average molecular weight is 367 g/mol. The molecule has 0 spiro atoms. The topological polar surface area (TPSA) is 104 Å². The minimum atomic E-state index is -3.31. The van der Waals surface area contributed by atoms with Crippen molar-refractivity contribution in [1.82, 2.24) is 4.72 Å². The zero-order chi connectivity index (χ0) is 18.4. The van der Waals surface area contributed by atoms with Crippen molar-refractivity contribution in [2.75, 3.05) is 23.4 Å². The standard InChI is InChI=1S/C17H25N3O4S/c1-12-7-8-14(19-17(22)13-5-3-4-6-13)11-15(12)20-16(21)9-10-18-25(2,23)24/h7-8,11,13,18H,3-6,9-10H2,1-2H3,(H,19,22)(H,20,21). The lowest BCUT2D eigenvalue weighted by atomic mass is 10.1. The van der Waals surface area contributed by atoms with Gasteiger partial charge in [-0.05, 0) is 37.5 Å². The van der Waals surface area contributed by atoms with Crippen LogP contribution in [0.3, 0.4) is 0 Å². The maximum atomic E-state index is 12.2. The highest BCUT2D eigenvalue weighted by Crippen LogP contribution is 2.27. The number of benzene rings is 1. The van der Waals surface area contributed by atoms with Crippen LogP contribution in [0.25, 0.3) is 0 Å². The van der Waals surface area contributed by atoms with E-state index in [0.717, 1.165) is 37.5 Å². The summed E-state index contributed by atoms with van der Waals surface area (Å²) in [5, 5.41) is 5.66. The summed E-state index contributed by atoms with van der Waals surface area (Å²) in [6, 6.07) is 5.36. The summed E-state index contributed by atoms with van der Waals surface area (Å²) in [6.07, 6.45) is 5.11. The minimum Gasteiger partial charge on any atom is -0.326 e. The van der Waals surface area contributed by atoms with Gasteiger partial charge >= 0.3 is 0 Å². The van der Waals surface area contributed by atoms with E-state index in [9.17, 15) is 18.0 Å². The Morgan fingerprint density at radius 1 is 1.16 bits per heavy atom. The molecule has 7 nitrogen and oxygen atoms in total. The van der Waals surface area contributed by atoms with Gasteiger partial charge in [-0.25, -0.2) is 13.1 Å². The Balaban J connectivity index is 1.93. The maximum Gasteiger partial charge on any atom is 0.227 e. The predicted octanol–water partition coefficient (Wildman–Crippen LogP) is 2.00. The first-order valence-electron chi connectivity index (χ1n) is 8.40. The van der Waals surface area contributed by atoms with Gasteiger partial charge < -0.3 is 10.6 Å². The number of carbonyl (C=O) groups excluding carboxylic acids is 2. The Kier molecular flexibility index (Phi) is 6.55. The molecule has 138 valence electrons. The highest BCUT2D eigenvalue weighted by Gasteiger charge is 2.22. The van der Waals surface area contributed by atoms with Crippen LogP contribution in [-0.2, 0) is 19.6 Å². The highest BCUT2D eigenvalue weighted by atomic mass is 32.2. The van der Waals surface area contributed by atoms with Crippen LogP contribution >= 0.6 is 0 Å². The molecule has 0 bridgehead atoms. The fourth-order valence-corrected chi connectivity index (χ4v) is 3.30. The van der Waals surface area contributed by atoms with E-state index in [0.29, 0.717) is 11.4 Å². The second kappa shape index (κ2) is 8.44. The average Bonchev–Trinajstić information content (AvgIpc) is 3.03. The van der Waals surface area contributed by atoms with Crippen LogP contribution in [0, 0.1) is 12.8 Å². The van der Waals surface area contributed by atoms with Crippen molar-refractivity contribution in [2.24, 2.45) is 5.92 Å². The van der Waals surface area contributed by atoms with Gasteiger partial charge in [0, 0.05) is 30.3 Å². The van der Waals surface area contributed by atoms with E-state index in [-0.39, 0.29) is 30.7 Å². The quantitative estimate of drug-likeness (QED) is 0.685. The van der Waals surface area contributed by atoms with Gasteiger partial charge in [0.2, 0.25) is 21.8 Å². The summed E-state index contributed by atoms with van der Waals surface area (Å²) in [7, 11) is -3.31. The number of carbonyl (C=O) groups is 2. The lowest BCUT2D eigenvalue weighted by molar-refractivity contribution is -0.119. The zero-order valence-corrected chi connectivity index (χ0v) is 15.4. The molecular formula is C17H25N3O4S. The number of nitrogens with one attached hydrogen (secondary N) is 3. The van der Waals surface area contributed by atoms with Gasteiger partial charge in [0.15, 0.2) is 0 Å². The van der Waals surface area contributed by atoms with Crippen molar-refractivity contribution in [2.45, 2.75) is 39.0 Å². The molecule has 2 rings (SSSR count). The molecule has 1 aliphatic rings. The third-order valence-corrected chi connectivity index (χ3v) is 4.95. The molecule has 0 radical (unpaired) electrons. The van der Waals surface area contributed by atoms with Crippen molar-refractivity contribution >= 4 is 33.2 Å². The van der Waals surface area contributed by atoms with Crippen LogP contribution in [-0.4, -0.2) is 33.0 Å². The van der Waals surface area contributed by atoms with Crippen molar-refractivity contribution in [1.29, 1.82) is 0 Å². The highest BCUT2D eigenvalue weighted by molar-refractivity contribution is 7.88. The van der Waals surface area contributed by atoms with E-state index in [2.05, 4.69) is 15.4 Å².